The number of hydrogen-bond donors (Lipinski definition) is 1. The summed E-state index contributed by atoms with van der Waals surface area (Å²) >= 11 is 1.30. The molecule has 0 aliphatic carbocycles. The Hall–Kier alpha value is -2.15. The van der Waals surface area contributed by atoms with Gasteiger partial charge in [-0.3, -0.25) is 9.36 Å². The molecule has 0 spiro atoms. The zero-order chi connectivity index (χ0) is 13.2. The topological polar surface area (TPSA) is 79.4 Å². The van der Waals surface area contributed by atoms with E-state index < -0.39 is 0 Å². The first-order valence-electron chi connectivity index (χ1n) is 5.58. The van der Waals surface area contributed by atoms with Crippen molar-refractivity contribution < 1.29 is 14.3 Å². The van der Waals surface area contributed by atoms with Crippen molar-refractivity contribution >= 4 is 17.7 Å². The number of primary amides is 1. The number of hydrogen-bond acceptors (Lipinski definition) is 5. The summed E-state index contributed by atoms with van der Waals surface area (Å²) < 4.78 is 12.5. The average molecular weight is 277 g/mol. The van der Waals surface area contributed by atoms with E-state index in [9.17, 15) is 4.79 Å². The number of imidazole rings is 1. The molecule has 6 nitrogen and oxygen atoms in total. The average Bonchev–Trinajstić information content (AvgIpc) is 3.04. The number of nitrogens with two attached hydrogens (primary N) is 1. The predicted octanol–water partition coefficient (Wildman–Crippen LogP) is 1.18. The summed E-state index contributed by atoms with van der Waals surface area (Å²) in [5.74, 6) is 1.26. The lowest BCUT2D eigenvalue weighted by molar-refractivity contribution is -0.115. The van der Waals surface area contributed by atoms with Crippen molar-refractivity contribution in [3.63, 3.8) is 0 Å². The van der Waals surface area contributed by atoms with E-state index in [1.165, 1.54) is 11.8 Å². The molecule has 0 unspecified atom stereocenters. The first-order valence-corrected chi connectivity index (χ1v) is 6.57. The van der Waals surface area contributed by atoms with Gasteiger partial charge >= 0.3 is 0 Å². The number of rotatable bonds is 4. The maximum absolute atomic E-state index is 10.8. The number of benzene rings is 1. The van der Waals surface area contributed by atoms with Crippen molar-refractivity contribution in [2.75, 3.05) is 12.5 Å². The van der Waals surface area contributed by atoms with Gasteiger partial charge in [-0.05, 0) is 12.1 Å². The van der Waals surface area contributed by atoms with Gasteiger partial charge in [-0.15, -0.1) is 0 Å². The summed E-state index contributed by atoms with van der Waals surface area (Å²) in [5, 5.41) is 0.706. The van der Waals surface area contributed by atoms with Crippen molar-refractivity contribution in [1.82, 2.24) is 9.55 Å². The Bertz CT molecular complexity index is 626. The van der Waals surface area contributed by atoms with Gasteiger partial charge in [-0.25, -0.2) is 4.98 Å². The van der Waals surface area contributed by atoms with Crippen LogP contribution >= 0.6 is 11.8 Å². The second-order valence-electron chi connectivity index (χ2n) is 3.87. The number of amides is 1. The Morgan fingerprint density at radius 1 is 1.42 bits per heavy atom. The third-order valence-electron chi connectivity index (χ3n) is 2.58. The molecule has 19 heavy (non-hydrogen) atoms. The number of nitrogens with zero attached hydrogens (tertiary/aromatic N) is 2. The molecule has 3 rings (SSSR count). The van der Waals surface area contributed by atoms with Gasteiger partial charge in [0.2, 0.25) is 12.7 Å². The van der Waals surface area contributed by atoms with E-state index in [4.69, 9.17) is 15.2 Å². The molecule has 0 saturated heterocycles. The second-order valence-corrected chi connectivity index (χ2v) is 4.81. The summed E-state index contributed by atoms with van der Waals surface area (Å²) in [6.07, 6.45) is 3.49. The SMILES string of the molecule is NC(=O)CSc1nccn1-c1ccc2c(c1)OCO2. The highest BCUT2D eigenvalue weighted by molar-refractivity contribution is 7.99. The van der Waals surface area contributed by atoms with Gasteiger partial charge in [0.05, 0.1) is 11.4 Å². The minimum absolute atomic E-state index is 0.196. The molecule has 1 aromatic carbocycles. The molecular formula is C12H11N3O3S. The lowest BCUT2D eigenvalue weighted by Crippen LogP contribution is -2.13. The summed E-state index contributed by atoms with van der Waals surface area (Å²) in [6, 6.07) is 5.63. The van der Waals surface area contributed by atoms with Crippen molar-refractivity contribution in [3.8, 4) is 17.2 Å². The first-order chi connectivity index (χ1) is 9.24. The van der Waals surface area contributed by atoms with E-state index in [2.05, 4.69) is 4.98 Å². The van der Waals surface area contributed by atoms with Crippen molar-refractivity contribution in [3.05, 3.63) is 30.6 Å². The number of carbonyl (C=O) groups excluding carboxylic acids is 1. The van der Waals surface area contributed by atoms with Gasteiger partial charge in [0.15, 0.2) is 16.7 Å². The quantitative estimate of drug-likeness (QED) is 0.849. The largest absolute Gasteiger partial charge is 0.454 e. The normalized spacial score (nSPS) is 12.6. The molecule has 2 heterocycles. The monoisotopic (exact) mass is 277 g/mol. The summed E-state index contributed by atoms with van der Waals surface area (Å²) in [7, 11) is 0. The molecule has 0 fully saturated rings. The molecular weight excluding hydrogens is 266 g/mol. The van der Waals surface area contributed by atoms with Crippen LogP contribution in [0.25, 0.3) is 5.69 Å². The van der Waals surface area contributed by atoms with Gasteiger partial charge in [0.25, 0.3) is 0 Å². The number of ether oxygens (including phenoxy) is 2. The molecule has 98 valence electrons. The van der Waals surface area contributed by atoms with Crippen LogP contribution in [-0.2, 0) is 4.79 Å². The van der Waals surface area contributed by atoms with E-state index in [0.29, 0.717) is 10.9 Å². The van der Waals surface area contributed by atoms with Crippen LogP contribution in [0.5, 0.6) is 11.5 Å². The summed E-state index contributed by atoms with van der Waals surface area (Å²) in [4.78, 5) is 15.0. The Kier molecular flexibility index (Phi) is 3.04. The van der Waals surface area contributed by atoms with Gasteiger partial charge in [0, 0.05) is 18.5 Å². The third kappa shape index (κ3) is 2.37. The van der Waals surface area contributed by atoms with Crippen LogP contribution in [0.15, 0.2) is 35.7 Å². The Balaban J connectivity index is 1.90. The predicted molar refractivity (Wildman–Crippen MR) is 69.6 cm³/mol. The highest BCUT2D eigenvalue weighted by Crippen LogP contribution is 2.34. The summed E-state index contributed by atoms with van der Waals surface area (Å²) in [5.41, 5.74) is 6.04. The number of carbonyl (C=O) groups is 1. The molecule has 1 amide bonds. The van der Waals surface area contributed by atoms with Crippen LogP contribution in [0.2, 0.25) is 0 Å². The van der Waals surface area contributed by atoms with Crippen LogP contribution < -0.4 is 15.2 Å². The van der Waals surface area contributed by atoms with Gasteiger partial charge in [0.1, 0.15) is 0 Å². The van der Waals surface area contributed by atoms with E-state index >= 15 is 0 Å². The molecule has 1 aliphatic rings. The number of fused-ring (bicyclic) bond motifs is 1. The van der Waals surface area contributed by atoms with Gasteiger partial charge < -0.3 is 15.2 Å². The maximum Gasteiger partial charge on any atom is 0.231 e. The maximum atomic E-state index is 10.8. The van der Waals surface area contributed by atoms with Crippen molar-refractivity contribution in [2.24, 2.45) is 5.73 Å². The van der Waals surface area contributed by atoms with Crippen molar-refractivity contribution in [1.29, 1.82) is 0 Å². The number of aromatic nitrogens is 2. The molecule has 2 N–H and O–H groups in total. The molecule has 7 heteroatoms. The van der Waals surface area contributed by atoms with Crippen LogP contribution in [0.1, 0.15) is 0 Å². The molecule has 0 radical (unpaired) electrons. The smallest absolute Gasteiger partial charge is 0.231 e. The summed E-state index contributed by atoms with van der Waals surface area (Å²) in [6.45, 7) is 0.242. The minimum Gasteiger partial charge on any atom is -0.454 e. The fourth-order valence-corrected chi connectivity index (χ4v) is 2.48. The molecule has 2 aromatic rings. The lowest BCUT2D eigenvalue weighted by atomic mass is 10.3. The zero-order valence-corrected chi connectivity index (χ0v) is 10.7. The molecule has 1 aliphatic heterocycles. The van der Waals surface area contributed by atoms with E-state index in [0.717, 1.165) is 11.4 Å². The number of thioether (sulfide) groups is 1. The van der Waals surface area contributed by atoms with E-state index in [1.54, 1.807) is 6.20 Å². The molecule has 0 bridgehead atoms. The van der Waals surface area contributed by atoms with Crippen LogP contribution in [0.3, 0.4) is 0 Å². The van der Waals surface area contributed by atoms with Crippen LogP contribution in [0, 0.1) is 0 Å². The Morgan fingerprint density at radius 3 is 3.11 bits per heavy atom. The third-order valence-corrected chi connectivity index (χ3v) is 3.57. The van der Waals surface area contributed by atoms with Crippen LogP contribution in [-0.4, -0.2) is 28.0 Å². The van der Waals surface area contributed by atoms with Gasteiger partial charge in [-0.1, -0.05) is 11.8 Å². The standard InChI is InChI=1S/C12H11N3O3S/c13-11(16)6-19-12-14-3-4-15(12)8-1-2-9-10(5-8)18-7-17-9/h1-5H,6-7H2,(H2,13,16). The molecule has 1 aromatic heterocycles. The van der Waals surface area contributed by atoms with E-state index in [-0.39, 0.29) is 18.5 Å². The second kappa shape index (κ2) is 4.85. The highest BCUT2D eigenvalue weighted by Gasteiger charge is 2.15. The molecule has 0 saturated carbocycles. The minimum atomic E-state index is -0.370. The Labute approximate surface area is 113 Å². The fourth-order valence-electron chi connectivity index (χ4n) is 1.76. The van der Waals surface area contributed by atoms with Gasteiger partial charge in [-0.2, -0.15) is 0 Å². The Morgan fingerprint density at radius 2 is 2.26 bits per heavy atom. The van der Waals surface area contributed by atoms with E-state index in [1.807, 2.05) is 29.0 Å². The fraction of sp³-hybridized carbons (Fsp3) is 0.167. The van der Waals surface area contributed by atoms with Crippen molar-refractivity contribution in [2.45, 2.75) is 5.16 Å². The first kappa shape index (κ1) is 11.9. The van der Waals surface area contributed by atoms with Crippen LogP contribution in [0.4, 0.5) is 0 Å². The zero-order valence-electron chi connectivity index (χ0n) is 9.91. The highest BCUT2D eigenvalue weighted by atomic mass is 32.2. The molecule has 0 atom stereocenters. The lowest BCUT2D eigenvalue weighted by Gasteiger charge is -2.07.